The van der Waals surface area contributed by atoms with Gasteiger partial charge < -0.3 is 15.1 Å². The van der Waals surface area contributed by atoms with E-state index in [0.717, 1.165) is 26.2 Å². The van der Waals surface area contributed by atoms with Gasteiger partial charge >= 0.3 is 0 Å². The molecule has 18 heavy (non-hydrogen) atoms. The van der Waals surface area contributed by atoms with Gasteiger partial charge in [0.2, 0.25) is 0 Å². The van der Waals surface area contributed by atoms with Gasteiger partial charge in [0.25, 0.3) is 0 Å². The van der Waals surface area contributed by atoms with Gasteiger partial charge in [-0.1, -0.05) is 19.1 Å². The molecule has 0 fully saturated rings. The largest absolute Gasteiger partial charge is 0.373 e. The molecule has 0 aliphatic carbocycles. The second kappa shape index (κ2) is 7.39. The molecule has 0 aliphatic heterocycles. The number of aryl methyl sites for hydroxylation is 1. The lowest BCUT2D eigenvalue weighted by molar-refractivity contribution is 0.416. The Morgan fingerprint density at radius 3 is 2.39 bits per heavy atom. The molecular formula is C15H27N3. The Kier molecular flexibility index (Phi) is 6.16. The zero-order valence-corrected chi connectivity index (χ0v) is 12.5. The zero-order valence-electron chi connectivity index (χ0n) is 12.5. The fourth-order valence-electron chi connectivity index (χ4n) is 2.00. The molecule has 0 saturated heterocycles. The van der Waals surface area contributed by atoms with E-state index in [-0.39, 0.29) is 0 Å². The molecule has 0 unspecified atom stereocenters. The molecule has 0 radical (unpaired) electrons. The van der Waals surface area contributed by atoms with Crippen LogP contribution in [0.15, 0.2) is 18.2 Å². The van der Waals surface area contributed by atoms with E-state index in [9.17, 15) is 0 Å². The van der Waals surface area contributed by atoms with E-state index in [2.05, 4.69) is 68.3 Å². The minimum Gasteiger partial charge on any atom is -0.373 e. The summed E-state index contributed by atoms with van der Waals surface area (Å²) in [6.07, 6.45) is 0. The van der Waals surface area contributed by atoms with Gasteiger partial charge in [-0.15, -0.1) is 0 Å². The highest BCUT2D eigenvalue weighted by molar-refractivity contribution is 5.53. The maximum absolute atomic E-state index is 3.36. The summed E-state index contributed by atoms with van der Waals surface area (Å²) in [5.41, 5.74) is 4.04. The van der Waals surface area contributed by atoms with Gasteiger partial charge in [-0.05, 0) is 44.8 Å². The number of likely N-dealkylation sites (N-methyl/N-ethyl adjacent to an activating group) is 2. The fourth-order valence-corrected chi connectivity index (χ4v) is 2.00. The quantitative estimate of drug-likeness (QED) is 0.798. The van der Waals surface area contributed by atoms with Gasteiger partial charge in [0.05, 0.1) is 0 Å². The van der Waals surface area contributed by atoms with Gasteiger partial charge in [0.1, 0.15) is 0 Å². The van der Waals surface area contributed by atoms with Crippen LogP contribution in [-0.2, 0) is 6.54 Å². The molecule has 0 bridgehead atoms. The average molecular weight is 249 g/mol. The minimum atomic E-state index is 0.957. The highest BCUT2D eigenvalue weighted by Crippen LogP contribution is 2.20. The summed E-state index contributed by atoms with van der Waals surface area (Å²) in [5.74, 6) is 0. The number of anilines is 1. The van der Waals surface area contributed by atoms with Crippen LogP contribution in [0.4, 0.5) is 5.69 Å². The van der Waals surface area contributed by atoms with Crippen LogP contribution in [0.25, 0.3) is 0 Å². The first-order chi connectivity index (χ1) is 8.54. The summed E-state index contributed by atoms with van der Waals surface area (Å²) < 4.78 is 0. The van der Waals surface area contributed by atoms with Crippen molar-refractivity contribution in [1.29, 1.82) is 0 Å². The molecular weight excluding hydrogens is 222 g/mol. The van der Waals surface area contributed by atoms with Crippen molar-refractivity contribution in [3.63, 3.8) is 0 Å². The van der Waals surface area contributed by atoms with E-state index in [1.165, 1.54) is 16.8 Å². The first-order valence-electron chi connectivity index (χ1n) is 6.70. The van der Waals surface area contributed by atoms with Gasteiger partial charge in [0.15, 0.2) is 0 Å². The molecule has 1 aromatic carbocycles. The van der Waals surface area contributed by atoms with E-state index in [1.807, 2.05) is 0 Å². The molecule has 0 aromatic heterocycles. The summed E-state index contributed by atoms with van der Waals surface area (Å²) in [4.78, 5) is 4.54. The Morgan fingerprint density at radius 1 is 1.11 bits per heavy atom. The molecule has 0 spiro atoms. The maximum Gasteiger partial charge on any atom is 0.0393 e. The third-order valence-corrected chi connectivity index (χ3v) is 3.13. The highest BCUT2D eigenvalue weighted by Gasteiger charge is 2.05. The zero-order chi connectivity index (χ0) is 13.5. The molecule has 1 N–H and O–H groups in total. The number of benzene rings is 1. The van der Waals surface area contributed by atoms with Crippen LogP contribution in [0.3, 0.4) is 0 Å². The lowest BCUT2D eigenvalue weighted by atomic mass is 10.1. The molecule has 0 heterocycles. The van der Waals surface area contributed by atoms with Gasteiger partial charge in [-0.25, -0.2) is 0 Å². The third-order valence-electron chi connectivity index (χ3n) is 3.13. The van der Waals surface area contributed by atoms with E-state index in [1.54, 1.807) is 0 Å². The predicted molar refractivity (Wildman–Crippen MR) is 80.4 cm³/mol. The van der Waals surface area contributed by atoms with Crippen LogP contribution in [0.5, 0.6) is 0 Å². The van der Waals surface area contributed by atoms with Gasteiger partial charge in [-0.2, -0.15) is 0 Å². The van der Waals surface area contributed by atoms with Crippen molar-refractivity contribution in [2.75, 3.05) is 45.7 Å². The molecule has 3 heteroatoms. The fraction of sp³-hybridized carbons (Fsp3) is 0.600. The third kappa shape index (κ3) is 4.67. The van der Waals surface area contributed by atoms with E-state index >= 15 is 0 Å². The number of rotatable bonds is 7. The Balaban J connectivity index is 2.66. The van der Waals surface area contributed by atoms with Crippen LogP contribution in [-0.4, -0.2) is 45.7 Å². The van der Waals surface area contributed by atoms with E-state index in [0.29, 0.717) is 0 Å². The molecule has 1 rings (SSSR count). The lowest BCUT2D eigenvalue weighted by Gasteiger charge is -2.23. The smallest absolute Gasteiger partial charge is 0.0393 e. The summed E-state index contributed by atoms with van der Waals surface area (Å²) >= 11 is 0. The van der Waals surface area contributed by atoms with Crippen molar-refractivity contribution >= 4 is 5.69 Å². The lowest BCUT2D eigenvalue weighted by Crippen LogP contribution is -2.28. The van der Waals surface area contributed by atoms with Crippen molar-refractivity contribution in [2.24, 2.45) is 0 Å². The van der Waals surface area contributed by atoms with Crippen molar-refractivity contribution in [3.8, 4) is 0 Å². The standard InChI is InChI=1S/C15H27N3/c1-6-16-12-14-7-8-15(13(2)11-14)18(5)10-9-17(3)4/h7-8,11,16H,6,9-10,12H2,1-5H3. The summed E-state index contributed by atoms with van der Waals surface area (Å²) in [7, 11) is 6.39. The van der Waals surface area contributed by atoms with Gasteiger partial charge in [-0.3, -0.25) is 0 Å². The number of hydrogen-bond donors (Lipinski definition) is 1. The summed E-state index contributed by atoms with van der Waals surface area (Å²) in [6, 6.07) is 6.74. The first kappa shape index (κ1) is 15.0. The Morgan fingerprint density at radius 2 is 1.83 bits per heavy atom. The van der Waals surface area contributed by atoms with Crippen LogP contribution >= 0.6 is 0 Å². The summed E-state index contributed by atoms with van der Waals surface area (Å²) in [6.45, 7) is 8.44. The molecule has 1 aromatic rings. The number of hydrogen-bond acceptors (Lipinski definition) is 3. The monoisotopic (exact) mass is 249 g/mol. The van der Waals surface area contributed by atoms with Crippen molar-refractivity contribution in [3.05, 3.63) is 29.3 Å². The Labute approximate surface area is 112 Å². The Hall–Kier alpha value is -1.06. The first-order valence-corrected chi connectivity index (χ1v) is 6.70. The van der Waals surface area contributed by atoms with Crippen LogP contribution < -0.4 is 10.2 Å². The average Bonchev–Trinajstić information content (AvgIpc) is 2.33. The number of nitrogens with zero attached hydrogens (tertiary/aromatic N) is 2. The Bertz CT molecular complexity index is 361. The highest BCUT2D eigenvalue weighted by atomic mass is 15.2. The molecule has 0 saturated carbocycles. The van der Waals surface area contributed by atoms with E-state index < -0.39 is 0 Å². The maximum atomic E-state index is 3.36. The minimum absolute atomic E-state index is 0.957. The summed E-state index contributed by atoms with van der Waals surface area (Å²) in [5, 5.41) is 3.36. The molecule has 0 aliphatic rings. The molecule has 0 amide bonds. The molecule has 102 valence electrons. The van der Waals surface area contributed by atoms with Crippen molar-refractivity contribution < 1.29 is 0 Å². The second-order valence-electron chi connectivity index (χ2n) is 5.13. The van der Waals surface area contributed by atoms with Crippen molar-refractivity contribution in [1.82, 2.24) is 10.2 Å². The molecule has 3 nitrogen and oxygen atoms in total. The number of nitrogens with one attached hydrogen (secondary N) is 1. The van der Waals surface area contributed by atoms with E-state index in [4.69, 9.17) is 0 Å². The normalized spacial score (nSPS) is 11.0. The topological polar surface area (TPSA) is 18.5 Å². The predicted octanol–water partition coefficient (Wildman–Crippen LogP) is 2.10. The van der Waals surface area contributed by atoms with Crippen molar-refractivity contribution in [2.45, 2.75) is 20.4 Å². The second-order valence-corrected chi connectivity index (χ2v) is 5.13. The van der Waals surface area contributed by atoms with Crippen LogP contribution in [0, 0.1) is 6.92 Å². The van der Waals surface area contributed by atoms with Crippen LogP contribution in [0.1, 0.15) is 18.1 Å². The van der Waals surface area contributed by atoms with Crippen LogP contribution in [0.2, 0.25) is 0 Å². The SMILES string of the molecule is CCNCc1ccc(N(C)CCN(C)C)c(C)c1. The molecule has 0 atom stereocenters. The van der Waals surface area contributed by atoms with Gasteiger partial charge in [0, 0.05) is 32.4 Å².